The molecule has 176 valence electrons. The molecular formula is C25H22N6O2S2. The minimum absolute atomic E-state index is 0.202. The van der Waals surface area contributed by atoms with Crippen LogP contribution in [0.15, 0.2) is 66.3 Å². The molecule has 1 saturated carbocycles. The molecule has 8 nitrogen and oxygen atoms in total. The molecule has 0 spiro atoms. The van der Waals surface area contributed by atoms with E-state index in [1.54, 1.807) is 18.2 Å². The van der Waals surface area contributed by atoms with Crippen LogP contribution in [0.2, 0.25) is 0 Å². The summed E-state index contributed by atoms with van der Waals surface area (Å²) in [4.78, 5) is 22.5. The van der Waals surface area contributed by atoms with Crippen molar-refractivity contribution in [1.29, 1.82) is 0 Å². The maximum atomic E-state index is 12.6. The van der Waals surface area contributed by atoms with Crippen molar-refractivity contribution in [3.63, 3.8) is 0 Å². The lowest BCUT2D eigenvalue weighted by molar-refractivity contribution is 0.103. The minimum atomic E-state index is -0.202. The van der Waals surface area contributed by atoms with Gasteiger partial charge in [0.15, 0.2) is 16.5 Å². The Kier molecular flexibility index (Phi) is 5.59. The molecule has 0 unspecified atom stereocenters. The molecule has 4 aromatic heterocycles. The normalized spacial score (nSPS) is 13.5. The molecule has 0 bridgehead atoms. The molecule has 1 aliphatic rings. The molecule has 4 heterocycles. The predicted octanol–water partition coefficient (Wildman–Crippen LogP) is 6.03. The van der Waals surface area contributed by atoms with Crippen LogP contribution in [0.4, 0.5) is 21.5 Å². The van der Waals surface area contributed by atoms with Crippen molar-refractivity contribution in [3.05, 3.63) is 71.2 Å². The average Bonchev–Trinajstić information content (AvgIpc) is 3.58. The molecule has 6 rings (SSSR count). The molecule has 1 aromatic carbocycles. The lowest BCUT2D eigenvalue weighted by Gasteiger charge is -2.26. The molecule has 0 radical (unpaired) electrons. The van der Waals surface area contributed by atoms with Crippen LogP contribution in [0, 0.1) is 0 Å². The van der Waals surface area contributed by atoms with Crippen LogP contribution in [0.1, 0.15) is 28.9 Å². The summed E-state index contributed by atoms with van der Waals surface area (Å²) in [6.07, 6.45) is 7.51. The Hall–Kier alpha value is -3.89. The van der Waals surface area contributed by atoms with Gasteiger partial charge in [0, 0.05) is 11.6 Å². The van der Waals surface area contributed by atoms with E-state index < -0.39 is 0 Å². The van der Waals surface area contributed by atoms with Crippen LogP contribution >= 0.6 is 22.7 Å². The van der Waals surface area contributed by atoms with E-state index in [1.165, 1.54) is 29.1 Å². The molecule has 1 amide bonds. The molecule has 35 heavy (non-hydrogen) atoms. The fraction of sp³-hybridized carbons (Fsp3) is 0.160. The molecule has 0 atom stereocenters. The number of ether oxygens (including phenoxy) is 1. The quantitative estimate of drug-likeness (QED) is 0.235. The van der Waals surface area contributed by atoms with E-state index in [9.17, 15) is 4.79 Å². The Bertz CT molecular complexity index is 1520. The molecule has 0 aliphatic heterocycles. The summed E-state index contributed by atoms with van der Waals surface area (Å²) in [5.74, 6) is 0.602. The van der Waals surface area contributed by atoms with Crippen molar-refractivity contribution >= 4 is 55.7 Å². The fourth-order valence-electron chi connectivity index (χ4n) is 3.81. The van der Waals surface area contributed by atoms with Crippen LogP contribution in [-0.2, 0) is 0 Å². The SMILES string of the molecule is Nc1ccccc1NC(=O)c1ccc(Nc2nc(-c3cnc4c(OC5CCC5)cccn34)cs2)s1. The summed E-state index contributed by atoms with van der Waals surface area (Å²) in [6, 6.07) is 14.8. The summed E-state index contributed by atoms with van der Waals surface area (Å²) in [5, 5.41) is 9.71. The first-order valence-corrected chi connectivity index (χ1v) is 12.9. The number of imidazole rings is 1. The number of rotatable bonds is 7. The van der Waals surface area contributed by atoms with E-state index in [1.807, 2.05) is 52.5 Å². The predicted molar refractivity (Wildman–Crippen MR) is 141 cm³/mol. The Morgan fingerprint density at radius 1 is 1.14 bits per heavy atom. The van der Waals surface area contributed by atoms with Gasteiger partial charge in [0.1, 0.15) is 5.69 Å². The Morgan fingerprint density at radius 3 is 2.86 bits per heavy atom. The van der Waals surface area contributed by atoms with Gasteiger partial charge in [-0.1, -0.05) is 12.1 Å². The molecule has 4 N–H and O–H groups in total. The Morgan fingerprint density at radius 2 is 2.03 bits per heavy atom. The number of hydrogen-bond acceptors (Lipinski definition) is 8. The van der Waals surface area contributed by atoms with Crippen molar-refractivity contribution in [2.24, 2.45) is 0 Å². The zero-order valence-corrected chi connectivity index (χ0v) is 20.2. The standard InChI is InChI=1S/C25H22N6O2S2/c26-16-7-1-2-8-17(16)28-24(32)21-10-11-22(35-21)30-25-29-18(14-34-25)19-13-27-23-20(9-4-12-31(19)23)33-15-5-3-6-15/h1-2,4,7-15H,3,5-6,26H2,(H,28,32)(H,29,30). The third kappa shape index (κ3) is 4.33. The Balaban J connectivity index is 1.17. The second-order valence-corrected chi connectivity index (χ2v) is 10.2. The van der Waals surface area contributed by atoms with E-state index >= 15 is 0 Å². The summed E-state index contributed by atoms with van der Waals surface area (Å²) in [6.45, 7) is 0. The number of pyridine rings is 1. The first kappa shape index (κ1) is 21.6. The maximum Gasteiger partial charge on any atom is 0.265 e. The highest BCUT2D eigenvalue weighted by Gasteiger charge is 2.21. The van der Waals surface area contributed by atoms with E-state index in [0.29, 0.717) is 22.4 Å². The first-order chi connectivity index (χ1) is 17.1. The van der Waals surface area contributed by atoms with Gasteiger partial charge in [0.25, 0.3) is 5.91 Å². The number of para-hydroxylation sites is 2. The smallest absolute Gasteiger partial charge is 0.265 e. The van der Waals surface area contributed by atoms with Crippen molar-refractivity contribution in [3.8, 4) is 17.1 Å². The maximum absolute atomic E-state index is 12.6. The second kappa shape index (κ2) is 9.05. The number of fused-ring (bicyclic) bond motifs is 1. The number of amides is 1. The largest absolute Gasteiger partial charge is 0.487 e. The van der Waals surface area contributed by atoms with Crippen LogP contribution in [0.5, 0.6) is 5.75 Å². The molecule has 10 heteroatoms. The van der Waals surface area contributed by atoms with E-state index in [0.717, 1.165) is 45.8 Å². The number of hydrogen-bond donors (Lipinski definition) is 3. The van der Waals surface area contributed by atoms with Gasteiger partial charge in [-0.3, -0.25) is 9.20 Å². The highest BCUT2D eigenvalue weighted by molar-refractivity contribution is 7.19. The van der Waals surface area contributed by atoms with Gasteiger partial charge in [0.05, 0.1) is 39.2 Å². The molecule has 0 saturated heterocycles. The number of carbonyl (C=O) groups excluding carboxylic acids is 1. The van der Waals surface area contributed by atoms with Gasteiger partial charge >= 0.3 is 0 Å². The van der Waals surface area contributed by atoms with Crippen LogP contribution in [0.3, 0.4) is 0 Å². The Labute approximate surface area is 209 Å². The van der Waals surface area contributed by atoms with Gasteiger partial charge in [-0.2, -0.15) is 0 Å². The van der Waals surface area contributed by atoms with E-state index in [4.69, 9.17) is 15.5 Å². The second-order valence-electron chi connectivity index (χ2n) is 8.25. The number of aromatic nitrogens is 3. The van der Waals surface area contributed by atoms with Gasteiger partial charge in [-0.15, -0.1) is 22.7 Å². The lowest BCUT2D eigenvalue weighted by Crippen LogP contribution is -2.24. The topological polar surface area (TPSA) is 107 Å². The van der Waals surface area contributed by atoms with Gasteiger partial charge in [0.2, 0.25) is 0 Å². The van der Waals surface area contributed by atoms with E-state index in [2.05, 4.69) is 15.6 Å². The van der Waals surface area contributed by atoms with Crippen molar-refractivity contribution < 1.29 is 9.53 Å². The van der Waals surface area contributed by atoms with Crippen molar-refractivity contribution in [2.45, 2.75) is 25.4 Å². The molecule has 1 aliphatic carbocycles. The number of benzene rings is 1. The highest BCUT2D eigenvalue weighted by atomic mass is 32.1. The van der Waals surface area contributed by atoms with Crippen LogP contribution in [0.25, 0.3) is 17.0 Å². The number of nitrogens with zero attached hydrogens (tertiary/aromatic N) is 3. The van der Waals surface area contributed by atoms with Gasteiger partial charge in [-0.25, -0.2) is 9.97 Å². The van der Waals surface area contributed by atoms with Crippen molar-refractivity contribution in [1.82, 2.24) is 14.4 Å². The van der Waals surface area contributed by atoms with Crippen LogP contribution in [-0.4, -0.2) is 26.4 Å². The minimum Gasteiger partial charge on any atom is -0.487 e. The average molecular weight is 503 g/mol. The zero-order chi connectivity index (χ0) is 23.8. The monoisotopic (exact) mass is 502 g/mol. The molecular weight excluding hydrogens is 480 g/mol. The fourth-order valence-corrected chi connectivity index (χ4v) is 5.39. The first-order valence-electron chi connectivity index (χ1n) is 11.3. The van der Waals surface area contributed by atoms with Gasteiger partial charge < -0.3 is 21.1 Å². The zero-order valence-electron chi connectivity index (χ0n) is 18.6. The lowest BCUT2D eigenvalue weighted by atomic mass is 9.96. The summed E-state index contributed by atoms with van der Waals surface area (Å²) in [7, 11) is 0. The third-order valence-corrected chi connectivity index (χ3v) is 7.64. The summed E-state index contributed by atoms with van der Waals surface area (Å²) in [5.41, 5.74) is 9.56. The number of anilines is 4. The van der Waals surface area contributed by atoms with Gasteiger partial charge in [-0.05, 0) is 55.7 Å². The number of nitrogen functional groups attached to an aromatic ring is 1. The highest BCUT2D eigenvalue weighted by Crippen LogP contribution is 2.33. The number of thiazole rings is 1. The number of nitrogens with two attached hydrogens (primary N) is 1. The molecule has 1 fully saturated rings. The van der Waals surface area contributed by atoms with E-state index in [-0.39, 0.29) is 5.91 Å². The number of carbonyl (C=O) groups is 1. The number of nitrogens with one attached hydrogen (secondary N) is 2. The van der Waals surface area contributed by atoms with Crippen LogP contribution < -0.4 is 21.1 Å². The summed E-state index contributed by atoms with van der Waals surface area (Å²) < 4.78 is 8.12. The summed E-state index contributed by atoms with van der Waals surface area (Å²) >= 11 is 2.85. The third-order valence-electron chi connectivity index (χ3n) is 5.88. The van der Waals surface area contributed by atoms with Crippen molar-refractivity contribution in [2.75, 3.05) is 16.4 Å². The molecule has 5 aromatic rings. The number of thiophene rings is 1.